The first kappa shape index (κ1) is 13.0. The van der Waals surface area contributed by atoms with E-state index >= 15 is 0 Å². The van der Waals surface area contributed by atoms with Gasteiger partial charge >= 0.3 is 0 Å². The second kappa shape index (κ2) is 6.49. The number of carbonyl (C=O) groups excluding carboxylic acids is 1. The summed E-state index contributed by atoms with van der Waals surface area (Å²) < 4.78 is 0. The van der Waals surface area contributed by atoms with Crippen molar-refractivity contribution in [1.82, 2.24) is 10.8 Å². The number of piperidine rings is 1. The summed E-state index contributed by atoms with van der Waals surface area (Å²) >= 11 is 0. The number of nitrogens with two attached hydrogens (primary N) is 1. The molecule has 0 radical (unpaired) electrons. The molecule has 0 aromatic heterocycles. The summed E-state index contributed by atoms with van der Waals surface area (Å²) in [4.78, 5) is 16.4. The molecule has 5 nitrogen and oxygen atoms in total. The van der Waals surface area contributed by atoms with Crippen LogP contribution >= 0.6 is 0 Å². The Morgan fingerprint density at radius 1 is 1.39 bits per heavy atom. The molecular formula is C13H19N3O2. The quantitative estimate of drug-likeness (QED) is 0.657. The molecule has 1 aromatic rings. The molecule has 0 bridgehead atoms. The van der Waals surface area contributed by atoms with E-state index in [-0.39, 0.29) is 18.0 Å². The van der Waals surface area contributed by atoms with Gasteiger partial charge in [-0.05, 0) is 18.4 Å². The van der Waals surface area contributed by atoms with Crippen molar-refractivity contribution in [3.05, 3.63) is 35.9 Å². The van der Waals surface area contributed by atoms with Crippen LogP contribution in [-0.4, -0.2) is 24.5 Å². The number of hydroxylamine groups is 1. The van der Waals surface area contributed by atoms with Crippen molar-refractivity contribution in [2.45, 2.75) is 31.5 Å². The molecule has 1 amide bonds. The third kappa shape index (κ3) is 3.80. The first-order valence-electron chi connectivity index (χ1n) is 6.19. The number of benzene rings is 1. The van der Waals surface area contributed by atoms with Crippen LogP contribution < -0.4 is 16.5 Å². The summed E-state index contributed by atoms with van der Waals surface area (Å²) in [7, 11) is 0. The third-order valence-corrected chi connectivity index (χ3v) is 3.09. The second-order valence-electron chi connectivity index (χ2n) is 4.53. The molecule has 2 atom stereocenters. The van der Waals surface area contributed by atoms with Gasteiger partial charge in [-0.1, -0.05) is 30.3 Å². The van der Waals surface area contributed by atoms with Gasteiger partial charge in [-0.3, -0.25) is 9.63 Å². The Kier molecular flexibility index (Phi) is 4.69. The Hall–Kier alpha value is -1.43. The number of carbonyl (C=O) groups is 1. The Morgan fingerprint density at radius 3 is 2.78 bits per heavy atom. The third-order valence-electron chi connectivity index (χ3n) is 3.09. The summed E-state index contributed by atoms with van der Waals surface area (Å²) in [6.45, 7) is 1.24. The van der Waals surface area contributed by atoms with E-state index in [1.807, 2.05) is 30.3 Å². The number of hydrogen-bond acceptors (Lipinski definition) is 4. The summed E-state index contributed by atoms with van der Waals surface area (Å²) in [5.41, 5.74) is 9.38. The second-order valence-corrected chi connectivity index (χ2v) is 4.53. The van der Waals surface area contributed by atoms with E-state index in [4.69, 9.17) is 10.6 Å². The number of rotatable bonds is 5. The molecule has 2 rings (SSSR count). The van der Waals surface area contributed by atoms with Crippen molar-refractivity contribution < 1.29 is 9.63 Å². The van der Waals surface area contributed by atoms with Gasteiger partial charge in [0.25, 0.3) is 0 Å². The van der Waals surface area contributed by atoms with Crippen molar-refractivity contribution in [3.8, 4) is 0 Å². The molecule has 1 aliphatic heterocycles. The first-order valence-corrected chi connectivity index (χ1v) is 6.19. The molecule has 1 aliphatic rings. The van der Waals surface area contributed by atoms with Gasteiger partial charge in [-0.25, -0.2) is 0 Å². The maximum Gasteiger partial charge on any atom is 0.234 e. The average molecular weight is 249 g/mol. The van der Waals surface area contributed by atoms with Crippen LogP contribution in [-0.2, 0) is 16.2 Å². The summed E-state index contributed by atoms with van der Waals surface area (Å²) in [6.07, 6.45) is 1.64. The van der Waals surface area contributed by atoms with Gasteiger partial charge in [-0.2, -0.15) is 5.48 Å². The number of hydrogen-bond donors (Lipinski definition) is 3. The Labute approximate surface area is 107 Å². The predicted octanol–water partition coefficient (Wildman–Crippen LogP) is 0.314. The van der Waals surface area contributed by atoms with E-state index in [0.29, 0.717) is 13.2 Å². The SMILES string of the molecule is NC(=O)[C@@H]1CC[C@@H](NOCc2ccccc2)CN1. The fourth-order valence-corrected chi connectivity index (χ4v) is 2.02. The van der Waals surface area contributed by atoms with E-state index in [0.717, 1.165) is 18.4 Å². The monoisotopic (exact) mass is 249 g/mol. The van der Waals surface area contributed by atoms with Gasteiger partial charge in [0.2, 0.25) is 5.91 Å². The molecule has 0 unspecified atom stereocenters. The fourth-order valence-electron chi connectivity index (χ4n) is 2.02. The standard InChI is InChI=1S/C13H19N3O2/c14-13(17)12-7-6-11(8-15-12)16-18-9-10-4-2-1-3-5-10/h1-5,11-12,15-16H,6-9H2,(H2,14,17)/t11-,12+/m1/s1. The van der Waals surface area contributed by atoms with Gasteiger partial charge in [0.15, 0.2) is 0 Å². The summed E-state index contributed by atoms with van der Waals surface area (Å²) in [6, 6.07) is 10.0. The van der Waals surface area contributed by atoms with Gasteiger partial charge in [-0.15, -0.1) is 0 Å². The van der Waals surface area contributed by atoms with Crippen LogP contribution in [0.15, 0.2) is 30.3 Å². The number of primary amides is 1. The summed E-state index contributed by atoms with van der Waals surface area (Å²) in [5.74, 6) is -0.279. The molecule has 0 saturated carbocycles. The highest BCUT2D eigenvalue weighted by Crippen LogP contribution is 2.08. The van der Waals surface area contributed by atoms with Crippen molar-refractivity contribution in [3.63, 3.8) is 0 Å². The zero-order valence-electron chi connectivity index (χ0n) is 10.3. The summed E-state index contributed by atoms with van der Waals surface area (Å²) in [5, 5.41) is 3.10. The molecule has 1 fully saturated rings. The van der Waals surface area contributed by atoms with Gasteiger partial charge in [0.1, 0.15) is 0 Å². The maximum absolute atomic E-state index is 11.0. The van der Waals surface area contributed by atoms with Crippen LogP contribution in [0.4, 0.5) is 0 Å². The van der Waals surface area contributed by atoms with E-state index in [2.05, 4.69) is 10.8 Å². The lowest BCUT2D eigenvalue weighted by atomic mass is 10.0. The average Bonchev–Trinajstić information content (AvgIpc) is 2.40. The maximum atomic E-state index is 11.0. The molecule has 1 saturated heterocycles. The number of nitrogens with one attached hydrogen (secondary N) is 2. The van der Waals surface area contributed by atoms with Crippen molar-refractivity contribution in [2.24, 2.45) is 5.73 Å². The molecule has 5 heteroatoms. The van der Waals surface area contributed by atoms with Crippen LogP contribution in [0.2, 0.25) is 0 Å². The molecular weight excluding hydrogens is 230 g/mol. The minimum absolute atomic E-state index is 0.197. The Bertz CT molecular complexity index is 375. The fraction of sp³-hybridized carbons (Fsp3) is 0.462. The van der Waals surface area contributed by atoms with Crippen LogP contribution in [0.3, 0.4) is 0 Å². The highest BCUT2D eigenvalue weighted by atomic mass is 16.6. The van der Waals surface area contributed by atoms with Crippen molar-refractivity contribution in [1.29, 1.82) is 0 Å². The van der Waals surface area contributed by atoms with Gasteiger partial charge < -0.3 is 11.1 Å². The largest absolute Gasteiger partial charge is 0.368 e. The zero-order chi connectivity index (χ0) is 12.8. The van der Waals surface area contributed by atoms with E-state index in [1.54, 1.807) is 0 Å². The zero-order valence-corrected chi connectivity index (χ0v) is 10.3. The highest BCUT2D eigenvalue weighted by molar-refractivity contribution is 5.79. The highest BCUT2D eigenvalue weighted by Gasteiger charge is 2.23. The molecule has 18 heavy (non-hydrogen) atoms. The van der Waals surface area contributed by atoms with Crippen LogP contribution in [0.1, 0.15) is 18.4 Å². The number of amides is 1. The minimum atomic E-state index is -0.279. The Morgan fingerprint density at radius 2 is 2.17 bits per heavy atom. The van der Waals surface area contributed by atoms with Crippen molar-refractivity contribution >= 4 is 5.91 Å². The normalized spacial score (nSPS) is 23.8. The molecule has 1 heterocycles. The minimum Gasteiger partial charge on any atom is -0.368 e. The lowest BCUT2D eigenvalue weighted by Crippen LogP contribution is -2.52. The smallest absolute Gasteiger partial charge is 0.234 e. The lowest BCUT2D eigenvalue weighted by Gasteiger charge is -2.28. The van der Waals surface area contributed by atoms with E-state index in [9.17, 15) is 4.79 Å². The molecule has 0 spiro atoms. The van der Waals surface area contributed by atoms with Gasteiger partial charge in [0, 0.05) is 12.6 Å². The topological polar surface area (TPSA) is 76.4 Å². The molecule has 4 N–H and O–H groups in total. The Balaban J connectivity index is 1.65. The molecule has 98 valence electrons. The predicted molar refractivity (Wildman–Crippen MR) is 68.4 cm³/mol. The van der Waals surface area contributed by atoms with E-state index < -0.39 is 0 Å². The van der Waals surface area contributed by atoms with Crippen LogP contribution in [0.25, 0.3) is 0 Å². The molecule has 1 aromatic carbocycles. The van der Waals surface area contributed by atoms with Crippen molar-refractivity contribution in [2.75, 3.05) is 6.54 Å². The van der Waals surface area contributed by atoms with Crippen LogP contribution in [0, 0.1) is 0 Å². The molecule has 0 aliphatic carbocycles. The lowest BCUT2D eigenvalue weighted by molar-refractivity contribution is -0.120. The first-order chi connectivity index (χ1) is 8.75. The van der Waals surface area contributed by atoms with E-state index in [1.165, 1.54) is 0 Å². The van der Waals surface area contributed by atoms with Gasteiger partial charge in [0.05, 0.1) is 12.6 Å². The van der Waals surface area contributed by atoms with Crippen LogP contribution in [0.5, 0.6) is 0 Å².